The second kappa shape index (κ2) is 14.4. The van der Waals surface area contributed by atoms with Gasteiger partial charge in [-0.05, 0) is 26.3 Å². The van der Waals surface area contributed by atoms with Crippen molar-refractivity contribution in [2.24, 2.45) is 0 Å². The lowest BCUT2D eigenvalue weighted by Gasteiger charge is -2.08. The van der Waals surface area contributed by atoms with Crippen molar-refractivity contribution in [1.82, 2.24) is 5.32 Å². The van der Waals surface area contributed by atoms with Crippen molar-refractivity contribution in [1.29, 1.82) is 0 Å². The minimum Gasteiger partial charge on any atom is -0.464 e. The molecule has 0 saturated carbocycles. The number of hydrogen-bond donors (Lipinski definition) is 1. The third-order valence-corrected chi connectivity index (χ3v) is 4.78. The average molecular weight is 340 g/mol. The van der Waals surface area contributed by atoms with Crippen molar-refractivity contribution in [2.45, 2.75) is 103 Å². The molecule has 0 aromatic heterocycles. The Morgan fingerprint density at radius 3 is 1.88 bits per heavy atom. The van der Waals surface area contributed by atoms with E-state index in [0.717, 1.165) is 32.2 Å². The molecule has 0 radical (unpaired) electrons. The van der Waals surface area contributed by atoms with Crippen molar-refractivity contribution in [3.8, 4) is 0 Å². The summed E-state index contributed by atoms with van der Waals surface area (Å²) < 4.78 is 4.93. The fourth-order valence-electron chi connectivity index (χ4n) is 3.22. The first-order valence-corrected chi connectivity index (χ1v) is 10.1. The summed E-state index contributed by atoms with van der Waals surface area (Å²) in [5.41, 5.74) is 0. The van der Waals surface area contributed by atoms with Gasteiger partial charge in [0.25, 0.3) is 0 Å². The van der Waals surface area contributed by atoms with Gasteiger partial charge in [-0.25, -0.2) is 0 Å². The summed E-state index contributed by atoms with van der Waals surface area (Å²) in [5, 5.41) is 3.28. The van der Waals surface area contributed by atoms with Crippen molar-refractivity contribution in [2.75, 3.05) is 13.2 Å². The maximum atomic E-state index is 11.3. The SMILES string of the molecule is CC(=O)CCCCCCCCCCCCCCNC1CCOC1=O. The van der Waals surface area contributed by atoms with Gasteiger partial charge >= 0.3 is 5.97 Å². The quantitative estimate of drug-likeness (QED) is 0.331. The molecule has 140 valence electrons. The van der Waals surface area contributed by atoms with Gasteiger partial charge in [-0.1, -0.05) is 64.2 Å². The van der Waals surface area contributed by atoms with Crippen molar-refractivity contribution in [3.63, 3.8) is 0 Å². The minimum absolute atomic E-state index is 0.0486. The summed E-state index contributed by atoms with van der Waals surface area (Å²) >= 11 is 0. The zero-order chi connectivity index (χ0) is 17.5. The Kier molecular flexibility index (Phi) is 12.7. The standard InChI is InChI=1S/C20H37NO3/c1-18(22)14-12-10-8-6-4-2-3-5-7-9-11-13-16-21-19-15-17-24-20(19)23/h19,21H,2-17H2,1H3. The first-order valence-electron chi connectivity index (χ1n) is 10.1. The highest BCUT2D eigenvalue weighted by atomic mass is 16.5. The first kappa shape index (κ1) is 21.1. The molecule has 0 bridgehead atoms. The van der Waals surface area contributed by atoms with Gasteiger partial charge in [0.15, 0.2) is 0 Å². The molecule has 1 aliphatic rings. The van der Waals surface area contributed by atoms with E-state index < -0.39 is 0 Å². The van der Waals surface area contributed by atoms with Crippen LogP contribution in [-0.2, 0) is 14.3 Å². The topological polar surface area (TPSA) is 55.4 Å². The second-order valence-corrected chi connectivity index (χ2v) is 7.16. The summed E-state index contributed by atoms with van der Waals surface area (Å²) in [4.78, 5) is 22.1. The molecule has 4 nitrogen and oxygen atoms in total. The monoisotopic (exact) mass is 339 g/mol. The van der Waals surface area contributed by atoms with Crippen LogP contribution < -0.4 is 5.32 Å². The number of Topliss-reactive ketones (excluding diaryl/α,β-unsaturated/α-hetero) is 1. The number of unbranched alkanes of at least 4 members (excludes halogenated alkanes) is 11. The van der Waals surface area contributed by atoms with Crippen LogP contribution in [0.4, 0.5) is 0 Å². The van der Waals surface area contributed by atoms with Crippen LogP contribution in [0.2, 0.25) is 0 Å². The molecule has 0 aliphatic carbocycles. The molecule has 1 saturated heterocycles. The number of esters is 1. The molecular formula is C20H37NO3. The van der Waals surface area contributed by atoms with E-state index in [1.165, 1.54) is 64.2 Å². The van der Waals surface area contributed by atoms with Gasteiger partial charge in [-0.3, -0.25) is 4.79 Å². The van der Waals surface area contributed by atoms with Gasteiger partial charge in [0.2, 0.25) is 0 Å². The fourth-order valence-corrected chi connectivity index (χ4v) is 3.22. The highest BCUT2D eigenvalue weighted by Crippen LogP contribution is 2.12. The zero-order valence-corrected chi connectivity index (χ0v) is 15.6. The van der Waals surface area contributed by atoms with Crippen LogP contribution in [-0.4, -0.2) is 30.9 Å². The molecule has 1 fully saturated rings. The van der Waals surface area contributed by atoms with Gasteiger partial charge < -0.3 is 14.8 Å². The van der Waals surface area contributed by atoms with Crippen LogP contribution in [0, 0.1) is 0 Å². The lowest BCUT2D eigenvalue weighted by atomic mass is 10.0. The first-order chi connectivity index (χ1) is 11.7. The van der Waals surface area contributed by atoms with Gasteiger partial charge in [0.1, 0.15) is 11.8 Å². The van der Waals surface area contributed by atoms with Crippen molar-refractivity contribution < 1.29 is 14.3 Å². The van der Waals surface area contributed by atoms with E-state index in [-0.39, 0.29) is 12.0 Å². The molecule has 1 heterocycles. The van der Waals surface area contributed by atoms with E-state index in [2.05, 4.69) is 5.32 Å². The van der Waals surface area contributed by atoms with E-state index in [0.29, 0.717) is 12.4 Å². The zero-order valence-electron chi connectivity index (χ0n) is 15.6. The molecule has 1 aliphatic heterocycles. The average Bonchev–Trinajstić information content (AvgIpc) is 2.96. The van der Waals surface area contributed by atoms with Gasteiger partial charge in [0.05, 0.1) is 6.61 Å². The van der Waals surface area contributed by atoms with Crippen LogP contribution in [0.3, 0.4) is 0 Å². The molecule has 0 aromatic carbocycles. The number of carbonyl (C=O) groups excluding carboxylic acids is 2. The summed E-state index contributed by atoms with van der Waals surface area (Å²) in [6.45, 7) is 3.19. The highest BCUT2D eigenvalue weighted by molar-refractivity contribution is 5.77. The van der Waals surface area contributed by atoms with Crippen LogP contribution in [0.25, 0.3) is 0 Å². The maximum Gasteiger partial charge on any atom is 0.323 e. The molecular weight excluding hydrogens is 302 g/mol. The molecule has 0 spiro atoms. The summed E-state index contributed by atoms with van der Waals surface area (Å²) in [7, 11) is 0. The molecule has 1 unspecified atom stereocenters. The predicted octanol–water partition coefficient (Wildman–Crippen LogP) is 4.55. The van der Waals surface area contributed by atoms with Crippen LogP contribution in [0.1, 0.15) is 96.8 Å². The van der Waals surface area contributed by atoms with Crippen LogP contribution in [0.5, 0.6) is 0 Å². The summed E-state index contributed by atoms with van der Waals surface area (Å²) in [6.07, 6.45) is 17.0. The highest BCUT2D eigenvalue weighted by Gasteiger charge is 2.25. The maximum absolute atomic E-state index is 11.3. The molecule has 0 aromatic rings. The molecule has 1 N–H and O–H groups in total. The van der Waals surface area contributed by atoms with Crippen LogP contribution >= 0.6 is 0 Å². The smallest absolute Gasteiger partial charge is 0.323 e. The van der Waals surface area contributed by atoms with Gasteiger partial charge in [-0.2, -0.15) is 0 Å². The lowest BCUT2D eigenvalue weighted by molar-refractivity contribution is -0.139. The number of nitrogens with one attached hydrogen (secondary N) is 1. The molecule has 4 heteroatoms. The number of cyclic esters (lactones) is 1. The van der Waals surface area contributed by atoms with Crippen molar-refractivity contribution >= 4 is 11.8 Å². The fraction of sp³-hybridized carbons (Fsp3) is 0.900. The number of rotatable bonds is 16. The van der Waals surface area contributed by atoms with E-state index in [1.807, 2.05) is 0 Å². The van der Waals surface area contributed by atoms with E-state index >= 15 is 0 Å². The Morgan fingerprint density at radius 1 is 0.917 bits per heavy atom. The molecule has 1 atom stereocenters. The van der Waals surface area contributed by atoms with E-state index in [1.54, 1.807) is 6.92 Å². The second-order valence-electron chi connectivity index (χ2n) is 7.16. The molecule has 0 amide bonds. The van der Waals surface area contributed by atoms with Gasteiger partial charge in [0, 0.05) is 12.8 Å². The number of carbonyl (C=O) groups is 2. The van der Waals surface area contributed by atoms with E-state index in [9.17, 15) is 9.59 Å². The summed E-state index contributed by atoms with van der Waals surface area (Å²) in [5.74, 6) is 0.251. The van der Waals surface area contributed by atoms with Crippen LogP contribution in [0.15, 0.2) is 0 Å². The number of ether oxygens (including phenoxy) is 1. The third kappa shape index (κ3) is 11.6. The Bertz CT molecular complexity index is 344. The molecule has 1 rings (SSSR count). The number of ketones is 1. The number of hydrogen-bond acceptors (Lipinski definition) is 4. The Hall–Kier alpha value is -0.900. The normalized spacial score (nSPS) is 17.2. The summed E-state index contributed by atoms with van der Waals surface area (Å²) in [6, 6.07) is -0.0486. The lowest BCUT2D eigenvalue weighted by Crippen LogP contribution is -2.33. The van der Waals surface area contributed by atoms with E-state index in [4.69, 9.17) is 4.74 Å². The van der Waals surface area contributed by atoms with Gasteiger partial charge in [-0.15, -0.1) is 0 Å². The van der Waals surface area contributed by atoms with Crippen molar-refractivity contribution in [3.05, 3.63) is 0 Å². The Labute approximate surface area is 148 Å². The minimum atomic E-state index is -0.0751. The Morgan fingerprint density at radius 2 is 1.42 bits per heavy atom. The molecule has 24 heavy (non-hydrogen) atoms. The third-order valence-electron chi connectivity index (χ3n) is 4.78. The predicted molar refractivity (Wildman–Crippen MR) is 98.1 cm³/mol. The Balaban J connectivity index is 1.70. The largest absolute Gasteiger partial charge is 0.464 e.